The average Bonchev–Trinajstić information content (AvgIpc) is 3.49. The van der Waals surface area contributed by atoms with Crippen LogP contribution in [0.5, 0.6) is 0 Å². The van der Waals surface area contributed by atoms with Crippen LogP contribution in [0.15, 0.2) is 30.5 Å². The molecule has 2 heterocycles. The summed E-state index contributed by atoms with van der Waals surface area (Å²) in [5.41, 5.74) is 1.06. The maximum Gasteiger partial charge on any atom is 0.133 e. The molecule has 1 aliphatic carbocycles. The van der Waals surface area contributed by atoms with Crippen LogP contribution in [-0.2, 0) is 11.3 Å². The van der Waals surface area contributed by atoms with Gasteiger partial charge in [-0.2, -0.15) is 0 Å². The van der Waals surface area contributed by atoms with Gasteiger partial charge in [0.1, 0.15) is 11.6 Å². The van der Waals surface area contributed by atoms with Gasteiger partial charge in [0, 0.05) is 25.2 Å². The Morgan fingerprint density at radius 3 is 2.56 bits per heavy atom. The fraction of sp³-hybridized carbons (Fsp3) is 0.474. The highest BCUT2D eigenvalue weighted by atomic mass is 35.5. The quantitative estimate of drug-likeness (QED) is 0.746. The Morgan fingerprint density at radius 1 is 1.04 bits per heavy atom. The Kier molecular flexibility index (Phi) is 5.11. The van der Waals surface area contributed by atoms with Crippen LogP contribution in [0, 0.1) is 0 Å². The molecular formula is C19H21Cl2N3O. The third kappa shape index (κ3) is 4.25. The smallest absolute Gasteiger partial charge is 0.133 e. The van der Waals surface area contributed by atoms with Crippen LogP contribution < -0.4 is 4.90 Å². The average molecular weight is 378 g/mol. The number of ether oxygens (including phenoxy) is 1. The maximum atomic E-state index is 6.06. The lowest BCUT2D eigenvalue weighted by Crippen LogP contribution is -2.37. The largest absolute Gasteiger partial charge is 0.373 e. The second-order valence-corrected chi connectivity index (χ2v) is 7.61. The number of hydrogen-bond acceptors (Lipinski definition) is 4. The van der Waals surface area contributed by atoms with Gasteiger partial charge in [-0.3, -0.25) is 0 Å². The number of anilines is 1. The van der Waals surface area contributed by atoms with Crippen LogP contribution in [0.25, 0.3) is 0 Å². The van der Waals surface area contributed by atoms with E-state index in [-0.39, 0.29) is 6.10 Å². The lowest BCUT2D eigenvalue weighted by Gasteiger charge is -2.32. The van der Waals surface area contributed by atoms with E-state index in [0.717, 1.165) is 43.1 Å². The molecule has 1 saturated carbocycles. The minimum absolute atomic E-state index is 0.274. The third-order valence-corrected chi connectivity index (χ3v) is 5.58. The molecule has 1 aromatic heterocycles. The second kappa shape index (κ2) is 7.48. The highest BCUT2D eigenvalue weighted by molar-refractivity contribution is 6.42. The first-order valence-electron chi connectivity index (χ1n) is 8.82. The normalized spacial score (nSPS) is 18.6. The summed E-state index contributed by atoms with van der Waals surface area (Å²) in [5.74, 6) is 2.65. The van der Waals surface area contributed by atoms with Crippen molar-refractivity contribution in [2.75, 3.05) is 18.0 Å². The summed E-state index contributed by atoms with van der Waals surface area (Å²) in [4.78, 5) is 11.5. The van der Waals surface area contributed by atoms with Gasteiger partial charge < -0.3 is 9.64 Å². The molecule has 6 heteroatoms. The van der Waals surface area contributed by atoms with Crippen molar-refractivity contribution in [1.82, 2.24) is 9.97 Å². The monoisotopic (exact) mass is 377 g/mol. The zero-order valence-corrected chi connectivity index (χ0v) is 15.5. The minimum atomic E-state index is 0.274. The van der Waals surface area contributed by atoms with Crippen LogP contribution in [0.2, 0.25) is 10.0 Å². The molecule has 0 spiro atoms. The fourth-order valence-electron chi connectivity index (χ4n) is 3.17. The Morgan fingerprint density at radius 2 is 1.84 bits per heavy atom. The zero-order chi connectivity index (χ0) is 17.2. The predicted molar refractivity (Wildman–Crippen MR) is 100 cm³/mol. The minimum Gasteiger partial charge on any atom is -0.373 e. The molecule has 25 heavy (non-hydrogen) atoms. The van der Waals surface area contributed by atoms with E-state index in [1.165, 1.54) is 12.8 Å². The van der Waals surface area contributed by atoms with Gasteiger partial charge in [0.25, 0.3) is 0 Å². The van der Waals surface area contributed by atoms with E-state index < -0.39 is 0 Å². The van der Waals surface area contributed by atoms with E-state index >= 15 is 0 Å². The van der Waals surface area contributed by atoms with Crippen LogP contribution in [0.4, 0.5) is 5.82 Å². The summed E-state index contributed by atoms with van der Waals surface area (Å²) in [7, 11) is 0. The predicted octanol–water partition coefficient (Wildman–Crippen LogP) is 4.85. The van der Waals surface area contributed by atoms with Gasteiger partial charge in [-0.1, -0.05) is 29.3 Å². The molecule has 2 fully saturated rings. The summed E-state index contributed by atoms with van der Waals surface area (Å²) >= 11 is 12.0. The Labute approximate surface area is 158 Å². The van der Waals surface area contributed by atoms with Crippen molar-refractivity contribution in [2.45, 2.75) is 44.3 Å². The van der Waals surface area contributed by atoms with Gasteiger partial charge in [0.15, 0.2) is 0 Å². The maximum absolute atomic E-state index is 6.06. The van der Waals surface area contributed by atoms with Gasteiger partial charge in [0.05, 0.1) is 22.8 Å². The fourth-order valence-corrected chi connectivity index (χ4v) is 3.49. The van der Waals surface area contributed by atoms with Crippen LogP contribution in [0.3, 0.4) is 0 Å². The molecule has 4 rings (SSSR count). The van der Waals surface area contributed by atoms with Gasteiger partial charge in [-0.25, -0.2) is 9.97 Å². The molecule has 0 atom stereocenters. The van der Waals surface area contributed by atoms with Crippen molar-refractivity contribution >= 4 is 29.0 Å². The SMILES string of the molecule is Clc1ccc(COC2CCN(c3ccnc(C4CC4)n3)CC2)cc1Cl. The van der Waals surface area contributed by atoms with Crippen molar-refractivity contribution < 1.29 is 4.74 Å². The van der Waals surface area contributed by atoms with E-state index in [0.29, 0.717) is 22.6 Å². The van der Waals surface area contributed by atoms with Crippen LogP contribution >= 0.6 is 23.2 Å². The number of halogens is 2. The van der Waals surface area contributed by atoms with Crippen molar-refractivity contribution in [3.63, 3.8) is 0 Å². The van der Waals surface area contributed by atoms with E-state index in [2.05, 4.69) is 9.88 Å². The van der Waals surface area contributed by atoms with Gasteiger partial charge in [-0.15, -0.1) is 0 Å². The van der Waals surface area contributed by atoms with Crippen molar-refractivity contribution in [2.24, 2.45) is 0 Å². The molecule has 0 unspecified atom stereocenters. The van der Waals surface area contributed by atoms with Crippen molar-refractivity contribution in [1.29, 1.82) is 0 Å². The van der Waals surface area contributed by atoms with Gasteiger partial charge in [0.2, 0.25) is 0 Å². The van der Waals surface area contributed by atoms with E-state index in [4.69, 9.17) is 32.9 Å². The molecule has 132 valence electrons. The standard InChI is InChI=1S/C19H21Cl2N3O/c20-16-4-1-13(11-17(16)21)12-25-15-6-9-24(10-7-15)18-5-8-22-19(23-18)14-2-3-14/h1,4-5,8,11,14-15H,2-3,6-7,9-10,12H2. The lowest BCUT2D eigenvalue weighted by molar-refractivity contribution is 0.0250. The Bertz CT molecular complexity index is 743. The van der Waals surface area contributed by atoms with Gasteiger partial charge >= 0.3 is 0 Å². The Hall–Kier alpha value is -1.36. The first-order valence-corrected chi connectivity index (χ1v) is 9.58. The highest BCUT2D eigenvalue weighted by Gasteiger charge is 2.27. The first kappa shape index (κ1) is 17.1. The molecule has 2 aromatic rings. The van der Waals surface area contributed by atoms with E-state index in [1.807, 2.05) is 30.5 Å². The topological polar surface area (TPSA) is 38.2 Å². The number of hydrogen-bond donors (Lipinski definition) is 0. The van der Waals surface area contributed by atoms with Crippen LogP contribution in [-0.4, -0.2) is 29.2 Å². The molecule has 0 amide bonds. The molecule has 1 aliphatic heterocycles. The molecule has 1 aromatic carbocycles. The van der Waals surface area contributed by atoms with E-state index in [9.17, 15) is 0 Å². The summed E-state index contributed by atoms with van der Waals surface area (Å²) in [6.45, 7) is 2.50. The molecule has 4 nitrogen and oxygen atoms in total. The highest BCUT2D eigenvalue weighted by Crippen LogP contribution is 2.38. The van der Waals surface area contributed by atoms with Crippen molar-refractivity contribution in [3.05, 3.63) is 51.9 Å². The summed E-state index contributed by atoms with van der Waals surface area (Å²) < 4.78 is 6.06. The van der Waals surface area contributed by atoms with Crippen molar-refractivity contribution in [3.8, 4) is 0 Å². The Balaban J connectivity index is 1.29. The van der Waals surface area contributed by atoms with Gasteiger partial charge in [-0.05, 0) is 49.4 Å². The number of piperidine rings is 1. The zero-order valence-electron chi connectivity index (χ0n) is 14.0. The number of nitrogens with zero attached hydrogens (tertiary/aromatic N) is 3. The second-order valence-electron chi connectivity index (χ2n) is 6.79. The molecular weight excluding hydrogens is 357 g/mol. The molecule has 1 saturated heterocycles. The van der Waals surface area contributed by atoms with Crippen LogP contribution in [0.1, 0.15) is 43.0 Å². The van der Waals surface area contributed by atoms with E-state index in [1.54, 1.807) is 0 Å². The number of rotatable bonds is 5. The summed E-state index contributed by atoms with van der Waals surface area (Å²) in [6.07, 6.45) is 6.63. The summed E-state index contributed by atoms with van der Waals surface area (Å²) in [5, 5.41) is 1.15. The third-order valence-electron chi connectivity index (χ3n) is 4.84. The number of aromatic nitrogens is 2. The first-order chi connectivity index (χ1) is 12.2. The molecule has 2 aliphatic rings. The lowest BCUT2D eigenvalue weighted by atomic mass is 10.1. The molecule has 0 radical (unpaired) electrons. The summed E-state index contributed by atoms with van der Waals surface area (Å²) in [6, 6.07) is 7.67. The molecule has 0 N–H and O–H groups in total. The molecule has 0 bridgehead atoms. The number of benzene rings is 1.